The highest BCUT2D eigenvalue weighted by atomic mass is 31.1. The first kappa shape index (κ1) is 15.6. The largest absolute Gasteiger partial charge is 0.293 e. The van der Waals surface area contributed by atoms with Crippen molar-refractivity contribution in [1.29, 1.82) is 0 Å². The van der Waals surface area contributed by atoms with Gasteiger partial charge in [-0.1, -0.05) is 84.9 Å². The predicted octanol–water partition coefficient (Wildman–Crippen LogP) is 3.88. The molecule has 0 aromatic heterocycles. The van der Waals surface area contributed by atoms with E-state index < -0.39 is 7.92 Å². The second-order valence-electron chi connectivity index (χ2n) is 5.19. The van der Waals surface area contributed by atoms with E-state index in [2.05, 4.69) is 96.8 Å². The Bertz CT molecular complexity index is 727. The Labute approximate surface area is 139 Å². The lowest BCUT2D eigenvalue weighted by Gasteiger charge is -2.21. The van der Waals surface area contributed by atoms with E-state index in [1.54, 1.807) is 0 Å². The van der Waals surface area contributed by atoms with Gasteiger partial charge in [0, 0.05) is 18.3 Å². The minimum Gasteiger partial charge on any atom is -0.293 e. The Morgan fingerprint density at radius 1 is 0.739 bits per heavy atom. The second kappa shape index (κ2) is 7.85. The molecule has 3 aromatic carbocycles. The third kappa shape index (κ3) is 3.75. The van der Waals surface area contributed by atoms with Crippen LogP contribution in [-0.4, -0.2) is 12.8 Å². The van der Waals surface area contributed by atoms with Gasteiger partial charge in [0.25, 0.3) is 0 Å². The van der Waals surface area contributed by atoms with Crippen LogP contribution in [0, 0.1) is 0 Å². The van der Waals surface area contributed by atoms with E-state index in [0.29, 0.717) is 0 Å². The number of benzene rings is 3. The van der Waals surface area contributed by atoms with E-state index in [9.17, 15) is 0 Å². The lowest BCUT2D eigenvalue weighted by Crippen LogP contribution is -2.23. The summed E-state index contributed by atoms with van der Waals surface area (Å²) in [5.74, 6) is 0. The zero-order valence-corrected chi connectivity index (χ0v) is 14.2. The molecule has 0 heterocycles. The third-order valence-corrected chi connectivity index (χ3v) is 6.14. The summed E-state index contributed by atoms with van der Waals surface area (Å²) in [5.41, 5.74) is 1.22. The molecule has 0 spiro atoms. The van der Waals surface area contributed by atoms with Gasteiger partial charge in [-0.15, -0.1) is 0 Å². The lowest BCUT2D eigenvalue weighted by molar-refractivity contribution is 1.14. The molecule has 0 aliphatic carbocycles. The molecule has 23 heavy (non-hydrogen) atoms. The van der Waals surface area contributed by atoms with Crippen molar-refractivity contribution >= 4 is 30.0 Å². The van der Waals surface area contributed by atoms with Crippen LogP contribution in [0.1, 0.15) is 12.5 Å². The van der Waals surface area contributed by atoms with Crippen LogP contribution >= 0.6 is 7.92 Å². The summed E-state index contributed by atoms with van der Waals surface area (Å²) in [6, 6.07) is 30.2. The third-order valence-electron chi connectivity index (χ3n) is 3.62. The summed E-state index contributed by atoms with van der Waals surface area (Å²) in [4.78, 5) is 4.46. The molecule has 3 aromatic rings. The maximum atomic E-state index is 4.46. The predicted molar refractivity (Wildman–Crippen MR) is 103 cm³/mol. The molecule has 114 valence electrons. The van der Waals surface area contributed by atoms with Gasteiger partial charge in [0.1, 0.15) is 0 Å². The average Bonchev–Trinajstić information content (AvgIpc) is 2.63. The topological polar surface area (TPSA) is 12.4 Å². The molecule has 1 nitrogen and oxygen atoms in total. The molecule has 0 radical (unpaired) electrons. The van der Waals surface area contributed by atoms with Gasteiger partial charge in [0.2, 0.25) is 0 Å². The van der Waals surface area contributed by atoms with Crippen LogP contribution in [0.3, 0.4) is 0 Å². The van der Waals surface area contributed by atoms with Gasteiger partial charge < -0.3 is 0 Å². The van der Waals surface area contributed by atoms with Crippen LogP contribution in [0.4, 0.5) is 0 Å². The van der Waals surface area contributed by atoms with E-state index in [4.69, 9.17) is 0 Å². The fourth-order valence-corrected chi connectivity index (χ4v) is 4.99. The monoisotopic (exact) mass is 317 g/mol. The Kier molecular flexibility index (Phi) is 5.34. The number of hydrogen-bond donors (Lipinski definition) is 0. The second-order valence-corrected chi connectivity index (χ2v) is 7.38. The standard InChI is InChI=1S/C21H20NP/c1-2-22-17-18-11-9-10-16-21(18)23(19-12-5-3-6-13-19)20-14-7-4-8-15-20/h3-17H,2H2,1H3. The zero-order valence-electron chi connectivity index (χ0n) is 13.3. The summed E-state index contributed by atoms with van der Waals surface area (Å²) in [7, 11) is -0.575. The molecule has 3 rings (SSSR count). The van der Waals surface area contributed by atoms with Crippen LogP contribution in [0.5, 0.6) is 0 Å². The van der Waals surface area contributed by atoms with Gasteiger partial charge in [0.05, 0.1) is 0 Å². The molecule has 0 unspecified atom stereocenters. The Hall–Kier alpha value is -2.24. The molecule has 0 bridgehead atoms. The average molecular weight is 317 g/mol. The van der Waals surface area contributed by atoms with E-state index >= 15 is 0 Å². The van der Waals surface area contributed by atoms with E-state index in [1.807, 2.05) is 6.21 Å². The smallest absolute Gasteiger partial charge is 0.0361 e. The quantitative estimate of drug-likeness (QED) is 0.500. The molecule has 2 heteroatoms. The highest BCUT2D eigenvalue weighted by Gasteiger charge is 2.18. The molecule has 0 aliphatic heterocycles. The molecule has 0 saturated heterocycles. The van der Waals surface area contributed by atoms with Gasteiger partial charge >= 0.3 is 0 Å². The first-order valence-corrected chi connectivity index (χ1v) is 9.23. The minimum atomic E-state index is -0.575. The Morgan fingerprint density at radius 2 is 1.26 bits per heavy atom. The van der Waals surface area contributed by atoms with Crippen molar-refractivity contribution in [2.45, 2.75) is 6.92 Å². The van der Waals surface area contributed by atoms with Crippen LogP contribution in [0.15, 0.2) is 89.9 Å². The van der Waals surface area contributed by atoms with Gasteiger partial charge in [0.15, 0.2) is 0 Å². The summed E-state index contributed by atoms with van der Waals surface area (Å²) >= 11 is 0. The summed E-state index contributed by atoms with van der Waals surface area (Å²) < 4.78 is 0. The van der Waals surface area contributed by atoms with Crippen molar-refractivity contribution in [3.8, 4) is 0 Å². The van der Waals surface area contributed by atoms with Gasteiger partial charge in [-0.05, 0) is 30.8 Å². The van der Waals surface area contributed by atoms with Gasteiger partial charge in [-0.2, -0.15) is 0 Å². The molecule has 0 N–H and O–H groups in total. The van der Waals surface area contributed by atoms with Gasteiger partial charge in [-0.3, -0.25) is 4.99 Å². The maximum Gasteiger partial charge on any atom is 0.0361 e. The maximum absolute atomic E-state index is 4.46. The normalized spacial score (nSPS) is 11.2. The minimum absolute atomic E-state index is 0.575. The van der Waals surface area contributed by atoms with E-state index in [-0.39, 0.29) is 0 Å². The molecule has 0 aliphatic rings. The molecule has 0 saturated carbocycles. The van der Waals surface area contributed by atoms with Crippen molar-refractivity contribution in [1.82, 2.24) is 0 Å². The Balaban J connectivity index is 2.16. The van der Waals surface area contributed by atoms with Crippen LogP contribution in [0.25, 0.3) is 0 Å². The van der Waals surface area contributed by atoms with Crippen molar-refractivity contribution < 1.29 is 0 Å². The van der Waals surface area contributed by atoms with E-state index in [1.165, 1.54) is 21.5 Å². The first-order valence-electron chi connectivity index (χ1n) is 7.89. The highest BCUT2D eigenvalue weighted by Crippen LogP contribution is 2.33. The zero-order chi connectivity index (χ0) is 15.9. The molecule has 0 atom stereocenters. The number of nitrogens with zero attached hydrogens (tertiary/aromatic N) is 1. The lowest BCUT2D eigenvalue weighted by atomic mass is 10.2. The number of rotatable bonds is 5. The fourth-order valence-electron chi connectivity index (χ4n) is 2.57. The molecular weight excluding hydrogens is 297 g/mol. The summed E-state index contributed by atoms with van der Waals surface area (Å²) in [6.07, 6.45) is 2.01. The summed E-state index contributed by atoms with van der Waals surface area (Å²) in [6.45, 7) is 2.87. The SMILES string of the molecule is CCN=Cc1ccccc1P(c1ccccc1)c1ccccc1. The van der Waals surface area contributed by atoms with Gasteiger partial charge in [-0.25, -0.2) is 0 Å². The van der Waals surface area contributed by atoms with E-state index in [0.717, 1.165) is 6.54 Å². The van der Waals surface area contributed by atoms with Crippen LogP contribution in [-0.2, 0) is 0 Å². The number of hydrogen-bond acceptors (Lipinski definition) is 1. The van der Waals surface area contributed by atoms with Crippen LogP contribution in [0.2, 0.25) is 0 Å². The van der Waals surface area contributed by atoms with Crippen molar-refractivity contribution in [3.63, 3.8) is 0 Å². The molecule has 0 amide bonds. The van der Waals surface area contributed by atoms with Crippen LogP contribution < -0.4 is 15.9 Å². The molecule has 0 fully saturated rings. The number of aliphatic imine (C=N–C) groups is 1. The summed E-state index contributed by atoms with van der Waals surface area (Å²) in [5, 5.41) is 4.09. The van der Waals surface area contributed by atoms with Crippen molar-refractivity contribution in [3.05, 3.63) is 90.5 Å². The fraction of sp³-hybridized carbons (Fsp3) is 0.0952. The first-order chi connectivity index (χ1) is 11.4. The van der Waals surface area contributed by atoms with Crippen molar-refractivity contribution in [2.75, 3.05) is 6.54 Å². The van der Waals surface area contributed by atoms with Crippen molar-refractivity contribution in [2.24, 2.45) is 4.99 Å². The Morgan fingerprint density at radius 3 is 1.83 bits per heavy atom. The highest BCUT2D eigenvalue weighted by molar-refractivity contribution is 7.80. The molecular formula is C21H20NP.